The van der Waals surface area contributed by atoms with Crippen LogP contribution in [0.2, 0.25) is 0 Å². The number of ether oxygens (including phenoxy) is 2. The fourth-order valence-corrected chi connectivity index (χ4v) is 7.43. The fraction of sp³-hybridized carbons (Fsp3) is 0.629. The molecule has 3 N–H and O–H groups in total. The van der Waals surface area contributed by atoms with Crippen LogP contribution in [0.3, 0.4) is 0 Å². The lowest BCUT2D eigenvalue weighted by atomic mass is 9.60. The second-order valence-corrected chi connectivity index (χ2v) is 16.0. The number of fused-ring (bicyclic) bond motifs is 1. The molecule has 0 radical (unpaired) electrons. The van der Waals surface area contributed by atoms with Gasteiger partial charge in [0, 0.05) is 51.0 Å². The van der Waals surface area contributed by atoms with Gasteiger partial charge in [-0.05, 0) is 108 Å². The van der Waals surface area contributed by atoms with E-state index in [1.54, 1.807) is 17.2 Å². The molecule has 2 aliphatic heterocycles. The van der Waals surface area contributed by atoms with E-state index >= 15 is 0 Å². The van der Waals surface area contributed by atoms with Crippen LogP contribution in [0.4, 0.5) is 20.2 Å². The molecule has 3 heterocycles. The highest BCUT2D eigenvalue weighted by atomic mass is 16.6. The van der Waals surface area contributed by atoms with Gasteiger partial charge >= 0.3 is 23.9 Å². The van der Waals surface area contributed by atoms with Gasteiger partial charge in [-0.2, -0.15) is 4.98 Å². The SMILES string of the molecule is CC(C)(C)OC(=O)NC1CC2(CCN(C(=O)Nc3ccn(-c4ccc(CN5CC6C(C5)C6NC(=O)OC(C)(C)C)cc4)c(=O)n3)CC2)C1. The van der Waals surface area contributed by atoms with E-state index in [1.165, 1.54) is 4.57 Å². The first kappa shape index (κ1) is 33.8. The van der Waals surface area contributed by atoms with Gasteiger partial charge in [-0.25, -0.2) is 19.2 Å². The van der Waals surface area contributed by atoms with E-state index < -0.39 is 16.9 Å². The molecule has 2 saturated carbocycles. The number of likely N-dealkylation sites (tertiary alicyclic amines) is 2. The number of aromatic nitrogens is 2. The summed E-state index contributed by atoms with van der Waals surface area (Å²) in [6.45, 7) is 15.0. The van der Waals surface area contributed by atoms with Crippen LogP contribution in [-0.2, 0) is 16.0 Å². The molecule has 48 heavy (non-hydrogen) atoms. The summed E-state index contributed by atoms with van der Waals surface area (Å²) in [6, 6.07) is 9.48. The number of amides is 4. The van der Waals surface area contributed by atoms with Crippen LogP contribution in [-0.4, -0.2) is 87.0 Å². The number of hydrogen-bond donors (Lipinski definition) is 3. The largest absolute Gasteiger partial charge is 0.444 e. The molecular formula is C35H49N7O6. The average molecular weight is 664 g/mol. The lowest BCUT2D eigenvalue weighted by Gasteiger charge is -2.52. The van der Waals surface area contributed by atoms with Gasteiger partial charge in [0.15, 0.2) is 0 Å². The Bertz CT molecular complexity index is 1570. The minimum absolute atomic E-state index is 0.104. The minimum Gasteiger partial charge on any atom is -0.444 e. The van der Waals surface area contributed by atoms with E-state index in [1.807, 2.05) is 65.8 Å². The highest BCUT2D eigenvalue weighted by Crippen LogP contribution is 2.49. The molecule has 13 nitrogen and oxygen atoms in total. The summed E-state index contributed by atoms with van der Waals surface area (Å²) in [5.74, 6) is 1.13. The Labute approximate surface area is 281 Å². The number of nitrogens with one attached hydrogen (secondary N) is 3. The van der Waals surface area contributed by atoms with Gasteiger partial charge in [0.05, 0.1) is 5.69 Å². The van der Waals surface area contributed by atoms with Crippen LogP contribution in [0.25, 0.3) is 5.69 Å². The Hall–Kier alpha value is -4.13. The van der Waals surface area contributed by atoms with E-state index in [4.69, 9.17) is 9.47 Å². The van der Waals surface area contributed by atoms with Gasteiger partial charge < -0.3 is 25.0 Å². The fourth-order valence-electron chi connectivity index (χ4n) is 7.43. The molecule has 6 rings (SSSR count). The molecule has 1 aromatic heterocycles. The smallest absolute Gasteiger partial charge is 0.407 e. The number of urea groups is 1. The van der Waals surface area contributed by atoms with Gasteiger partial charge in [0.1, 0.15) is 17.0 Å². The highest BCUT2D eigenvalue weighted by molar-refractivity contribution is 5.88. The zero-order valence-corrected chi connectivity index (χ0v) is 28.9. The molecule has 2 atom stereocenters. The summed E-state index contributed by atoms with van der Waals surface area (Å²) in [5, 5.41) is 8.75. The predicted octanol–water partition coefficient (Wildman–Crippen LogP) is 4.49. The molecule has 2 aliphatic carbocycles. The second-order valence-electron chi connectivity index (χ2n) is 16.0. The van der Waals surface area contributed by atoms with E-state index in [-0.39, 0.29) is 41.5 Å². The summed E-state index contributed by atoms with van der Waals surface area (Å²) >= 11 is 0. The number of anilines is 1. The number of rotatable bonds is 6. The van der Waals surface area contributed by atoms with Crippen molar-refractivity contribution in [2.75, 3.05) is 31.5 Å². The van der Waals surface area contributed by atoms with Crippen molar-refractivity contribution >= 4 is 24.0 Å². The molecule has 4 aliphatic rings. The van der Waals surface area contributed by atoms with Gasteiger partial charge in [0.2, 0.25) is 0 Å². The number of piperidine rings is 2. The number of nitrogens with zero attached hydrogens (tertiary/aromatic N) is 4. The summed E-state index contributed by atoms with van der Waals surface area (Å²) in [6.07, 6.45) is 4.40. The summed E-state index contributed by atoms with van der Waals surface area (Å²) in [7, 11) is 0. The number of carbonyl (C=O) groups excluding carboxylic acids is 3. The van der Waals surface area contributed by atoms with E-state index in [2.05, 4.69) is 25.8 Å². The number of alkyl carbamates (subject to hydrolysis) is 2. The lowest BCUT2D eigenvalue weighted by Crippen LogP contribution is -2.56. The molecule has 2 unspecified atom stereocenters. The zero-order chi connectivity index (χ0) is 34.4. The van der Waals surface area contributed by atoms with Crippen LogP contribution >= 0.6 is 0 Å². The van der Waals surface area contributed by atoms with Crippen LogP contribution in [0.5, 0.6) is 0 Å². The van der Waals surface area contributed by atoms with Gasteiger partial charge in [-0.3, -0.25) is 14.8 Å². The second kappa shape index (κ2) is 12.7. The van der Waals surface area contributed by atoms with Crippen molar-refractivity contribution in [3.8, 4) is 5.69 Å². The normalized spacial score (nSPS) is 23.5. The maximum Gasteiger partial charge on any atom is 0.407 e. The van der Waals surface area contributed by atoms with E-state index in [0.717, 1.165) is 50.9 Å². The third-order valence-electron chi connectivity index (χ3n) is 9.80. The van der Waals surface area contributed by atoms with Crippen LogP contribution in [0, 0.1) is 17.3 Å². The molecule has 2 saturated heterocycles. The monoisotopic (exact) mass is 663 g/mol. The standard InChI is InChI=1S/C35H49N7O6/c1-33(2,3)47-31(45)36-23-17-35(18-23)12-15-41(16-13-35)29(43)37-27-11-14-42(30(44)38-27)24-9-7-22(8-10-24)19-40-20-25-26(21-40)28(25)39-32(46)48-34(4,5)6/h7-11,14,23,25-26,28H,12-13,15-21H2,1-6H3,(H,36,45)(H,39,46)(H,37,38,43,44). The molecule has 2 aromatic rings. The topological polar surface area (TPSA) is 147 Å². The molecule has 0 bridgehead atoms. The van der Waals surface area contributed by atoms with Crippen molar-refractivity contribution in [1.82, 2.24) is 30.0 Å². The maximum atomic E-state index is 13.0. The Morgan fingerprint density at radius 1 is 0.875 bits per heavy atom. The highest BCUT2D eigenvalue weighted by Gasteiger charge is 2.56. The number of hydrogen-bond acceptors (Lipinski definition) is 8. The minimum atomic E-state index is -0.525. The first-order valence-electron chi connectivity index (χ1n) is 17.0. The van der Waals surface area contributed by atoms with E-state index in [0.29, 0.717) is 30.6 Å². The van der Waals surface area contributed by atoms with Gasteiger partial charge in [0.25, 0.3) is 0 Å². The van der Waals surface area contributed by atoms with Crippen molar-refractivity contribution < 1.29 is 23.9 Å². The average Bonchev–Trinajstić information content (AvgIpc) is 3.38. The first-order valence-corrected chi connectivity index (χ1v) is 17.0. The number of benzene rings is 1. The van der Waals surface area contributed by atoms with Crippen molar-refractivity contribution in [3.05, 3.63) is 52.6 Å². The van der Waals surface area contributed by atoms with Gasteiger partial charge in [-0.1, -0.05) is 12.1 Å². The Kier molecular flexibility index (Phi) is 8.95. The molecule has 13 heteroatoms. The van der Waals surface area contributed by atoms with Crippen molar-refractivity contribution in [3.63, 3.8) is 0 Å². The van der Waals surface area contributed by atoms with Crippen molar-refractivity contribution in [1.29, 1.82) is 0 Å². The Morgan fingerprint density at radius 3 is 2.02 bits per heavy atom. The van der Waals surface area contributed by atoms with Crippen molar-refractivity contribution in [2.45, 2.75) is 97.1 Å². The third-order valence-corrected chi connectivity index (χ3v) is 9.80. The maximum absolute atomic E-state index is 13.0. The van der Waals surface area contributed by atoms with Crippen LogP contribution in [0.15, 0.2) is 41.3 Å². The molecule has 4 amide bonds. The Morgan fingerprint density at radius 2 is 1.46 bits per heavy atom. The lowest BCUT2D eigenvalue weighted by molar-refractivity contribution is 0.00634. The predicted molar refractivity (Wildman–Crippen MR) is 180 cm³/mol. The quantitative estimate of drug-likeness (QED) is 0.410. The van der Waals surface area contributed by atoms with Crippen LogP contribution < -0.4 is 21.6 Å². The summed E-state index contributed by atoms with van der Waals surface area (Å²) < 4.78 is 12.2. The van der Waals surface area contributed by atoms with E-state index in [9.17, 15) is 19.2 Å². The van der Waals surface area contributed by atoms with Gasteiger partial charge in [-0.15, -0.1) is 0 Å². The molecule has 4 fully saturated rings. The molecular weight excluding hydrogens is 614 g/mol. The third kappa shape index (κ3) is 8.11. The van der Waals surface area contributed by atoms with Crippen LogP contribution in [0.1, 0.15) is 72.8 Å². The first-order chi connectivity index (χ1) is 22.5. The molecule has 1 aromatic carbocycles. The summed E-state index contributed by atoms with van der Waals surface area (Å²) in [4.78, 5) is 58.3. The molecule has 260 valence electrons. The molecule has 1 spiro atoms. The Balaban J connectivity index is 0.930. The number of carbonyl (C=O) groups is 3. The summed E-state index contributed by atoms with van der Waals surface area (Å²) in [5.41, 5.74) is 0.477. The van der Waals surface area contributed by atoms with Crippen molar-refractivity contribution in [2.24, 2.45) is 17.3 Å². The zero-order valence-electron chi connectivity index (χ0n) is 28.9.